The third kappa shape index (κ3) is 2.60. The zero-order chi connectivity index (χ0) is 24.4. The number of hydrogen-bond donors (Lipinski definition) is 2. The van der Waals surface area contributed by atoms with Gasteiger partial charge in [-0.3, -0.25) is 0 Å². The van der Waals surface area contributed by atoms with Crippen molar-refractivity contribution in [2.45, 2.75) is 80.6 Å². The van der Waals surface area contributed by atoms with Crippen LogP contribution in [0, 0.1) is 11.3 Å². The first-order valence-corrected chi connectivity index (χ1v) is 12.8. The first-order valence-electron chi connectivity index (χ1n) is 12.8. The Morgan fingerprint density at radius 3 is 2.77 bits per heavy atom. The van der Waals surface area contributed by atoms with Gasteiger partial charge in [-0.05, 0) is 93.0 Å². The van der Waals surface area contributed by atoms with E-state index in [1.807, 2.05) is 31.1 Å². The average Bonchev–Trinajstić information content (AvgIpc) is 3.52. The van der Waals surface area contributed by atoms with Crippen LogP contribution in [0.25, 0.3) is 16.7 Å². The Bertz CT molecular complexity index is 1290. The van der Waals surface area contributed by atoms with E-state index >= 15 is 4.39 Å². The summed E-state index contributed by atoms with van der Waals surface area (Å²) in [5, 5.41) is 21.9. The second kappa shape index (κ2) is 6.82. The maximum absolute atomic E-state index is 17.1. The van der Waals surface area contributed by atoms with Crippen molar-refractivity contribution >= 4 is 16.7 Å². The van der Waals surface area contributed by atoms with Crippen LogP contribution >= 0.6 is 0 Å². The van der Waals surface area contributed by atoms with E-state index in [-0.39, 0.29) is 17.4 Å². The molecular formula is C28H33FN2O4. The maximum Gasteiger partial charge on any atom is 0.181 e. The van der Waals surface area contributed by atoms with Gasteiger partial charge in [0.15, 0.2) is 17.6 Å². The molecule has 7 heteroatoms. The summed E-state index contributed by atoms with van der Waals surface area (Å²) >= 11 is 0. The Balaban J connectivity index is 1.31. The van der Waals surface area contributed by atoms with E-state index in [2.05, 4.69) is 24.1 Å². The van der Waals surface area contributed by atoms with Crippen molar-refractivity contribution < 1.29 is 23.8 Å². The summed E-state index contributed by atoms with van der Waals surface area (Å²) < 4.78 is 29.6. The van der Waals surface area contributed by atoms with Gasteiger partial charge < -0.3 is 24.3 Å². The second-order valence-corrected chi connectivity index (χ2v) is 12.0. The van der Waals surface area contributed by atoms with Crippen LogP contribution in [0.2, 0.25) is 0 Å². The van der Waals surface area contributed by atoms with Crippen LogP contribution in [-0.4, -0.2) is 69.3 Å². The summed E-state index contributed by atoms with van der Waals surface area (Å²) in [4.78, 5) is 6.19. The van der Waals surface area contributed by atoms with Crippen LogP contribution in [0.15, 0.2) is 46.7 Å². The minimum Gasteiger partial charge on any atom is -0.443 e. The SMILES string of the molecule is CN(C)C1CC23CCC4(O2)C2CC=C(c5ccc6ncoc6c5)C2(C)CCC4(F)C=C3C(O)C1O. The van der Waals surface area contributed by atoms with E-state index in [0.29, 0.717) is 37.7 Å². The number of alkyl halides is 1. The van der Waals surface area contributed by atoms with Gasteiger partial charge in [0.25, 0.3) is 0 Å². The maximum atomic E-state index is 17.1. The van der Waals surface area contributed by atoms with Gasteiger partial charge in [-0.1, -0.05) is 19.1 Å². The van der Waals surface area contributed by atoms with Gasteiger partial charge in [0, 0.05) is 12.0 Å². The highest BCUT2D eigenvalue weighted by Crippen LogP contribution is 2.71. The number of rotatable bonds is 2. The summed E-state index contributed by atoms with van der Waals surface area (Å²) in [6.07, 6.45) is 6.99. The Kier molecular flexibility index (Phi) is 4.32. The molecule has 1 saturated heterocycles. The predicted molar refractivity (Wildman–Crippen MR) is 129 cm³/mol. The van der Waals surface area contributed by atoms with Crippen LogP contribution in [0.3, 0.4) is 0 Å². The van der Waals surface area contributed by atoms with Crippen LogP contribution in [0.4, 0.5) is 4.39 Å². The van der Waals surface area contributed by atoms with Gasteiger partial charge >= 0.3 is 0 Å². The molecule has 8 unspecified atom stereocenters. The molecular weight excluding hydrogens is 447 g/mol. The summed E-state index contributed by atoms with van der Waals surface area (Å²) in [7, 11) is 3.82. The summed E-state index contributed by atoms with van der Waals surface area (Å²) in [5.41, 5.74) is 0.954. The lowest BCUT2D eigenvalue weighted by molar-refractivity contribution is -0.239. The molecule has 6 nitrogen and oxygen atoms in total. The Labute approximate surface area is 204 Å². The zero-order valence-electron chi connectivity index (χ0n) is 20.5. The molecule has 1 aromatic carbocycles. The van der Waals surface area contributed by atoms with Crippen molar-refractivity contribution in [2.24, 2.45) is 11.3 Å². The molecule has 1 aromatic heterocycles. The number of halogens is 1. The van der Waals surface area contributed by atoms with Gasteiger partial charge in [-0.25, -0.2) is 9.37 Å². The quantitative estimate of drug-likeness (QED) is 0.632. The van der Waals surface area contributed by atoms with E-state index < -0.39 is 29.1 Å². The van der Waals surface area contributed by atoms with Gasteiger partial charge in [-0.15, -0.1) is 0 Å². The van der Waals surface area contributed by atoms with Crippen LogP contribution in [0.1, 0.15) is 51.0 Å². The lowest BCUT2D eigenvalue weighted by Gasteiger charge is -2.60. The Morgan fingerprint density at radius 2 is 1.97 bits per heavy atom. The second-order valence-electron chi connectivity index (χ2n) is 12.0. The lowest BCUT2D eigenvalue weighted by atomic mass is 9.53. The number of aromatic nitrogens is 1. The van der Waals surface area contributed by atoms with Crippen molar-refractivity contribution in [3.8, 4) is 0 Å². The molecule has 8 atom stereocenters. The molecule has 2 saturated carbocycles. The number of oxazole rings is 1. The molecule has 0 radical (unpaired) electrons. The fraction of sp³-hybridized carbons (Fsp3) is 0.607. The van der Waals surface area contributed by atoms with Crippen molar-refractivity contribution in [3.63, 3.8) is 0 Å². The number of ether oxygens (including phenoxy) is 1. The number of likely N-dealkylation sites (N-methyl/N-ethyl adjacent to an activating group) is 1. The minimum absolute atomic E-state index is 0.00635. The Hall–Kier alpha value is -2.06. The van der Waals surface area contributed by atoms with Crippen LogP contribution in [-0.2, 0) is 4.74 Å². The van der Waals surface area contributed by atoms with Crippen molar-refractivity contribution in [2.75, 3.05) is 14.1 Å². The number of fused-ring (bicyclic) bond motifs is 2. The molecule has 2 N–H and O–H groups in total. The first kappa shape index (κ1) is 22.2. The molecule has 186 valence electrons. The molecule has 2 spiro atoms. The number of aliphatic hydroxyl groups excluding tert-OH is 2. The monoisotopic (exact) mass is 480 g/mol. The molecule has 0 amide bonds. The fourth-order valence-electron chi connectivity index (χ4n) is 8.45. The highest BCUT2D eigenvalue weighted by Gasteiger charge is 2.74. The molecule has 3 fully saturated rings. The van der Waals surface area contributed by atoms with E-state index in [0.717, 1.165) is 23.1 Å². The zero-order valence-corrected chi connectivity index (χ0v) is 20.5. The van der Waals surface area contributed by atoms with E-state index in [1.165, 1.54) is 12.0 Å². The number of benzene rings is 1. The van der Waals surface area contributed by atoms with Crippen molar-refractivity contribution in [1.82, 2.24) is 9.88 Å². The average molecular weight is 481 g/mol. The van der Waals surface area contributed by atoms with Gasteiger partial charge in [0.2, 0.25) is 0 Å². The lowest BCUT2D eigenvalue weighted by Crippen LogP contribution is -2.68. The normalized spacial score (nSPS) is 46.3. The highest BCUT2D eigenvalue weighted by atomic mass is 19.1. The predicted octanol–water partition coefficient (Wildman–Crippen LogP) is 4.02. The first-order chi connectivity index (χ1) is 16.6. The van der Waals surface area contributed by atoms with Crippen LogP contribution < -0.4 is 0 Å². The van der Waals surface area contributed by atoms with E-state index in [9.17, 15) is 10.2 Å². The molecule has 2 aliphatic heterocycles. The summed E-state index contributed by atoms with van der Waals surface area (Å²) in [6.45, 7) is 2.27. The molecule has 3 aliphatic carbocycles. The summed E-state index contributed by atoms with van der Waals surface area (Å²) in [5.74, 6) is -0.00635. The smallest absolute Gasteiger partial charge is 0.181 e. The molecule has 2 aromatic rings. The third-order valence-corrected chi connectivity index (χ3v) is 10.3. The minimum atomic E-state index is -1.66. The summed E-state index contributed by atoms with van der Waals surface area (Å²) in [6, 6.07) is 5.88. The van der Waals surface area contributed by atoms with Gasteiger partial charge in [-0.2, -0.15) is 0 Å². The molecule has 3 heterocycles. The number of nitrogens with zero attached hydrogens (tertiary/aromatic N) is 2. The molecule has 2 bridgehead atoms. The van der Waals surface area contributed by atoms with Crippen molar-refractivity contribution in [3.05, 3.63) is 47.9 Å². The fourth-order valence-corrected chi connectivity index (χ4v) is 8.45. The molecule has 5 aliphatic rings. The van der Waals surface area contributed by atoms with Crippen LogP contribution in [0.5, 0.6) is 0 Å². The molecule has 7 rings (SSSR count). The van der Waals surface area contributed by atoms with Crippen molar-refractivity contribution in [1.29, 1.82) is 0 Å². The third-order valence-electron chi connectivity index (χ3n) is 10.3. The Morgan fingerprint density at radius 1 is 1.14 bits per heavy atom. The highest BCUT2D eigenvalue weighted by molar-refractivity contribution is 5.81. The van der Waals surface area contributed by atoms with E-state index in [1.54, 1.807) is 6.08 Å². The number of hydrogen-bond acceptors (Lipinski definition) is 6. The van der Waals surface area contributed by atoms with E-state index in [4.69, 9.17) is 9.15 Å². The standard InChI is InChI=1S/C28H33FN2O4/c1-25-8-10-27(29)13-18-23(32)24(33)20(31(2)3)14-26(18)9-11-28(27,35-26)22(25)7-5-17(25)16-4-6-19-21(12-16)34-15-30-19/h4-6,12-13,15,20,22-24,32-33H,7-11,14H2,1-3H3. The van der Waals surface area contributed by atoms with Gasteiger partial charge in [0.1, 0.15) is 17.2 Å². The largest absolute Gasteiger partial charge is 0.443 e. The molecule has 35 heavy (non-hydrogen) atoms. The number of allylic oxidation sites excluding steroid dienone is 2. The topological polar surface area (TPSA) is 79.0 Å². The van der Waals surface area contributed by atoms with Gasteiger partial charge in [0.05, 0.1) is 11.7 Å². The number of aliphatic hydroxyl groups is 2.